The Kier molecular flexibility index (Phi) is 3.71. The average Bonchev–Trinajstić information content (AvgIpc) is 2.98. The zero-order valence-corrected chi connectivity index (χ0v) is 10.5. The molecule has 2 rings (SSSR count). The van der Waals surface area contributed by atoms with Crippen LogP contribution in [-0.2, 0) is 0 Å². The lowest BCUT2D eigenvalue weighted by Gasteiger charge is -2.31. The van der Waals surface area contributed by atoms with Crippen molar-refractivity contribution in [1.82, 2.24) is 5.32 Å². The fourth-order valence-electron chi connectivity index (χ4n) is 3.19. The Labute approximate surface area is 95.0 Å². The molecule has 0 amide bonds. The standard InChI is InChI=1S/C14H27N/c1-3-8-14(9-10-14)11-15-13-7-5-4-6-12(13)2/h12-13,15H,3-11H2,1-2H3. The maximum atomic E-state index is 3.86. The molecule has 88 valence electrons. The predicted octanol–water partition coefficient (Wildman–Crippen LogP) is 3.74. The van der Waals surface area contributed by atoms with Gasteiger partial charge in [0.05, 0.1) is 0 Å². The van der Waals surface area contributed by atoms with Gasteiger partial charge in [0.1, 0.15) is 0 Å². The minimum Gasteiger partial charge on any atom is -0.313 e. The van der Waals surface area contributed by atoms with Gasteiger partial charge in [-0.2, -0.15) is 0 Å². The molecule has 0 bridgehead atoms. The SMILES string of the molecule is CCCC1(CNC2CCCCC2C)CC1. The van der Waals surface area contributed by atoms with Crippen molar-refractivity contribution >= 4 is 0 Å². The summed E-state index contributed by atoms with van der Waals surface area (Å²) in [5, 5.41) is 3.86. The molecule has 1 heteroatoms. The topological polar surface area (TPSA) is 12.0 Å². The molecule has 2 aliphatic carbocycles. The molecule has 2 unspecified atom stereocenters. The smallest absolute Gasteiger partial charge is 0.00929 e. The van der Waals surface area contributed by atoms with Crippen LogP contribution in [0.25, 0.3) is 0 Å². The summed E-state index contributed by atoms with van der Waals surface area (Å²) in [4.78, 5) is 0. The third-order valence-corrected chi connectivity index (χ3v) is 4.59. The lowest BCUT2D eigenvalue weighted by molar-refractivity contribution is 0.260. The first-order valence-electron chi connectivity index (χ1n) is 6.99. The van der Waals surface area contributed by atoms with E-state index in [0.29, 0.717) is 0 Å². The molecule has 0 heterocycles. The van der Waals surface area contributed by atoms with Gasteiger partial charge in [-0.05, 0) is 43.4 Å². The van der Waals surface area contributed by atoms with Crippen LogP contribution in [0.5, 0.6) is 0 Å². The number of hydrogen-bond acceptors (Lipinski definition) is 1. The van der Waals surface area contributed by atoms with Gasteiger partial charge in [0.25, 0.3) is 0 Å². The van der Waals surface area contributed by atoms with E-state index in [1.165, 1.54) is 57.9 Å². The van der Waals surface area contributed by atoms with Crippen molar-refractivity contribution in [2.24, 2.45) is 11.3 Å². The summed E-state index contributed by atoms with van der Waals surface area (Å²) in [6.45, 7) is 6.05. The predicted molar refractivity (Wildman–Crippen MR) is 66.0 cm³/mol. The minimum atomic E-state index is 0.728. The quantitative estimate of drug-likeness (QED) is 0.727. The summed E-state index contributed by atoms with van der Waals surface area (Å²) in [6.07, 6.45) is 11.5. The van der Waals surface area contributed by atoms with E-state index in [1.54, 1.807) is 0 Å². The lowest BCUT2D eigenvalue weighted by atomic mass is 9.85. The Morgan fingerprint density at radius 1 is 1.20 bits per heavy atom. The molecule has 2 atom stereocenters. The molecule has 0 radical (unpaired) electrons. The summed E-state index contributed by atoms with van der Waals surface area (Å²) < 4.78 is 0. The first-order valence-corrected chi connectivity index (χ1v) is 6.99. The average molecular weight is 209 g/mol. The highest BCUT2D eigenvalue weighted by molar-refractivity contribution is 4.95. The Morgan fingerprint density at radius 2 is 1.93 bits per heavy atom. The number of rotatable bonds is 5. The molecule has 0 aromatic heterocycles. The monoisotopic (exact) mass is 209 g/mol. The van der Waals surface area contributed by atoms with Crippen molar-refractivity contribution < 1.29 is 0 Å². The molecule has 0 spiro atoms. The molecule has 2 fully saturated rings. The van der Waals surface area contributed by atoms with Crippen molar-refractivity contribution in [2.75, 3.05) is 6.54 Å². The van der Waals surface area contributed by atoms with Crippen molar-refractivity contribution in [3.63, 3.8) is 0 Å². The van der Waals surface area contributed by atoms with Gasteiger partial charge < -0.3 is 5.32 Å². The fraction of sp³-hybridized carbons (Fsp3) is 1.00. The van der Waals surface area contributed by atoms with Gasteiger partial charge in [-0.3, -0.25) is 0 Å². The van der Waals surface area contributed by atoms with Crippen LogP contribution in [0, 0.1) is 11.3 Å². The number of hydrogen-bond donors (Lipinski definition) is 1. The van der Waals surface area contributed by atoms with E-state index in [1.807, 2.05) is 0 Å². The lowest BCUT2D eigenvalue weighted by Crippen LogP contribution is -2.40. The van der Waals surface area contributed by atoms with Gasteiger partial charge in [-0.15, -0.1) is 0 Å². The molecule has 0 aliphatic heterocycles. The molecule has 2 saturated carbocycles. The molecule has 0 aromatic rings. The van der Waals surface area contributed by atoms with Crippen LogP contribution in [0.1, 0.15) is 65.2 Å². The molecular weight excluding hydrogens is 182 g/mol. The molecule has 2 aliphatic rings. The van der Waals surface area contributed by atoms with Crippen LogP contribution in [0.3, 0.4) is 0 Å². The van der Waals surface area contributed by atoms with Gasteiger partial charge >= 0.3 is 0 Å². The van der Waals surface area contributed by atoms with Crippen molar-refractivity contribution in [1.29, 1.82) is 0 Å². The number of nitrogens with one attached hydrogen (secondary N) is 1. The van der Waals surface area contributed by atoms with E-state index in [2.05, 4.69) is 19.2 Å². The molecule has 0 saturated heterocycles. The van der Waals surface area contributed by atoms with Crippen LogP contribution in [0.2, 0.25) is 0 Å². The Hall–Kier alpha value is -0.0400. The van der Waals surface area contributed by atoms with Gasteiger partial charge in [0.2, 0.25) is 0 Å². The van der Waals surface area contributed by atoms with Crippen molar-refractivity contribution in [3.05, 3.63) is 0 Å². The van der Waals surface area contributed by atoms with Gasteiger partial charge in [-0.25, -0.2) is 0 Å². The van der Waals surface area contributed by atoms with Gasteiger partial charge in [0, 0.05) is 12.6 Å². The zero-order chi connectivity index (χ0) is 10.7. The van der Waals surface area contributed by atoms with Gasteiger partial charge in [-0.1, -0.05) is 33.1 Å². The second-order valence-electron chi connectivity index (χ2n) is 6.00. The van der Waals surface area contributed by atoms with Crippen molar-refractivity contribution in [3.8, 4) is 0 Å². The van der Waals surface area contributed by atoms with Crippen molar-refractivity contribution in [2.45, 2.75) is 71.3 Å². The highest BCUT2D eigenvalue weighted by Gasteiger charge is 2.41. The van der Waals surface area contributed by atoms with E-state index in [-0.39, 0.29) is 0 Å². The van der Waals surface area contributed by atoms with Gasteiger partial charge in [0.15, 0.2) is 0 Å². The fourth-order valence-corrected chi connectivity index (χ4v) is 3.19. The normalized spacial score (nSPS) is 34.0. The third kappa shape index (κ3) is 2.96. The Bertz CT molecular complexity index is 196. The summed E-state index contributed by atoms with van der Waals surface area (Å²) in [6, 6.07) is 0.827. The van der Waals surface area contributed by atoms with E-state index in [4.69, 9.17) is 0 Å². The van der Waals surface area contributed by atoms with E-state index < -0.39 is 0 Å². The highest BCUT2D eigenvalue weighted by Crippen LogP contribution is 2.49. The first kappa shape index (κ1) is 11.4. The van der Waals surface area contributed by atoms with Crippen LogP contribution in [-0.4, -0.2) is 12.6 Å². The third-order valence-electron chi connectivity index (χ3n) is 4.59. The van der Waals surface area contributed by atoms with E-state index in [9.17, 15) is 0 Å². The van der Waals surface area contributed by atoms with E-state index >= 15 is 0 Å². The molecular formula is C14H27N. The largest absolute Gasteiger partial charge is 0.313 e. The minimum absolute atomic E-state index is 0.728. The highest BCUT2D eigenvalue weighted by atomic mass is 14.9. The first-order chi connectivity index (χ1) is 7.26. The molecule has 1 nitrogen and oxygen atoms in total. The van der Waals surface area contributed by atoms with Crippen LogP contribution in [0.15, 0.2) is 0 Å². The van der Waals surface area contributed by atoms with Crippen LogP contribution >= 0.6 is 0 Å². The Balaban J connectivity index is 1.72. The zero-order valence-electron chi connectivity index (χ0n) is 10.5. The molecule has 1 N–H and O–H groups in total. The summed E-state index contributed by atoms with van der Waals surface area (Å²) in [7, 11) is 0. The second kappa shape index (κ2) is 4.86. The summed E-state index contributed by atoms with van der Waals surface area (Å²) in [5.41, 5.74) is 0.728. The van der Waals surface area contributed by atoms with Crippen LogP contribution < -0.4 is 5.32 Å². The maximum Gasteiger partial charge on any atom is 0.00929 e. The molecule has 15 heavy (non-hydrogen) atoms. The van der Waals surface area contributed by atoms with Crippen LogP contribution in [0.4, 0.5) is 0 Å². The summed E-state index contributed by atoms with van der Waals surface area (Å²) >= 11 is 0. The van der Waals surface area contributed by atoms with E-state index in [0.717, 1.165) is 17.4 Å². The summed E-state index contributed by atoms with van der Waals surface area (Å²) in [5.74, 6) is 0.913. The maximum absolute atomic E-state index is 3.86. The second-order valence-corrected chi connectivity index (χ2v) is 6.00. The Morgan fingerprint density at radius 3 is 2.53 bits per heavy atom. The molecule has 0 aromatic carbocycles.